The van der Waals surface area contributed by atoms with Crippen LogP contribution in [0.1, 0.15) is 12.1 Å². The standard InChI is InChI=1S/C10H14N2O4S2/c1-7-5-17-10(11-7)12(4-9(13)14)8-2-3-18(15,16)6-8/h5,8H,2-4,6H2,1H3,(H,13,14). The lowest BCUT2D eigenvalue weighted by Crippen LogP contribution is -2.40. The Morgan fingerprint density at radius 1 is 1.67 bits per heavy atom. The first-order valence-corrected chi connectivity index (χ1v) is 8.18. The zero-order valence-corrected chi connectivity index (χ0v) is 11.5. The number of hydrogen-bond donors (Lipinski definition) is 1. The molecule has 2 rings (SSSR count). The van der Waals surface area contributed by atoms with Crippen molar-refractivity contribution < 1.29 is 18.3 Å². The smallest absolute Gasteiger partial charge is 0.323 e. The van der Waals surface area contributed by atoms with E-state index < -0.39 is 15.8 Å². The summed E-state index contributed by atoms with van der Waals surface area (Å²) in [6, 6.07) is -0.281. The Bertz CT molecular complexity index is 552. The van der Waals surface area contributed by atoms with E-state index in [1.54, 1.807) is 4.90 Å². The van der Waals surface area contributed by atoms with Crippen LogP contribution in [0.4, 0.5) is 5.13 Å². The van der Waals surface area contributed by atoms with Crippen LogP contribution in [-0.2, 0) is 14.6 Å². The lowest BCUT2D eigenvalue weighted by Gasteiger charge is -2.25. The Hall–Kier alpha value is -1.15. The van der Waals surface area contributed by atoms with Gasteiger partial charge >= 0.3 is 5.97 Å². The molecule has 0 spiro atoms. The molecule has 1 saturated heterocycles. The summed E-state index contributed by atoms with van der Waals surface area (Å²) >= 11 is 1.34. The number of carboxylic acid groups (broad SMARTS) is 1. The van der Waals surface area contributed by atoms with Crippen molar-refractivity contribution in [2.24, 2.45) is 0 Å². The van der Waals surface area contributed by atoms with E-state index in [1.165, 1.54) is 11.3 Å². The minimum absolute atomic E-state index is 0.0128. The number of thiazole rings is 1. The maximum Gasteiger partial charge on any atom is 0.323 e. The molecule has 18 heavy (non-hydrogen) atoms. The number of rotatable bonds is 4. The highest BCUT2D eigenvalue weighted by molar-refractivity contribution is 7.91. The van der Waals surface area contributed by atoms with Gasteiger partial charge in [-0.15, -0.1) is 11.3 Å². The fraction of sp³-hybridized carbons (Fsp3) is 0.600. The number of anilines is 1. The summed E-state index contributed by atoms with van der Waals surface area (Å²) in [7, 11) is -3.04. The van der Waals surface area contributed by atoms with Gasteiger partial charge in [0.05, 0.1) is 17.2 Å². The molecule has 8 heteroatoms. The van der Waals surface area contributed by atoms with E-state index in [2.05, 4.69) is 4.98 Å². The van der Waals surface area contributed by atoms with Crippen LogP contribution >= 0.6 is 11.3 Å². The second-order valence-electron chi connectivity index (χ2n) is 4.35. The minimum Gasteiger partial charge on any atom is -0.480 e. The van der Waals surface area contributed by atoms with Crippen LogP contribution in [0.25, 0.3) is 0 Å². The molecule has 1 aliphatic heterocycles. The average Bonchev–Trinajstić information content (AvgIpc) is 2.81. The zero-order valence-electron chi connectivity index (χ0n) is 9.87. The summed E-state index contributed by atoms with van der Waals surface area (Å²) in [6.45, 7) is 1.61. The van der Waals surface area contributed by atoms with Crippen LogP contribution in [0.15, 0.2) is 5.38 Å². The van der Waals surface area contributed by atoms with Crippen molar-refractivity contribution in [3.05, 3.63) is 11.1 Å². The molecule has 1 atom stereocenters. The molecular weight excluding hydrogens is 276 g/mol. The largest absolute Gasteiger partial charge is 0.480 e. The minimum atomic E-state index is -3.04. The van der Waals surface area contributed by atoms with Crippen molar-refractivity contribution >= 4 is 32.3 Å². The molecule has 6 nitrogen and oxygen atoms in total. The van der Waals surface area contributed by atoms with Gasteiger partial charge in [-0.3, -0.25) is 4.79 Å². The van der Waals surface area contributed by atoms with Crippen molar-refractivity contribution in [2.45, 2.75) is 19.4 Å². The summed E-state index contributed by atoms with van der Waals surface area (Å²) in [5.74, 6) is -0.844. The topological polar surface area (TPSA) is 87.6 Å². The Morgan fingerprint density at radius 3 is 2.83 bits per heavy atom. The predicted octanol–water partition coefficient (Wildman–Crippen LogP) is 0.530. The van der Waals surface area contributed by atoms with Crippen LogP contribution in [-0.4, -0.2) is 48.6 Å². The molecule has 1 aromatic heterocycles. The van der Waals surface area contributed by atoms with Crippen molar-refractivity contribution in [1.29, 1.82) is 0 Å². The molecule has 1 fully saturated rings. The summed E-state index contributed by atoms with van der Waals surface area (Å²) < 4.78 is 23.0. The number of carbonyl (C=O) groups is 1. The van der Waals surface area contributed by atoms with Crippen LogP contribution in [0, 0.1) is 6.92 Å². The van der Waals surface area contributed by atoms with Gasteiger partial charge in [0.2, 0.25) is 0 Å². The first-order chi connectivity index (χ1) is 8.37. The number of aromatic nitrogens is 1. The quantitative estimate of drug-likeness (QED) is 0.870. The second kappa shape index (κ2) is 4.85. The molecular formula is C10H14N2O4S2. The molecule has 100 valence electrons. The average molecular weight is 290 g/mol. The Morgan fingerprint density at radius 2 is 2.39 bits per heavy atom. The van der Waals surface area contributed by atoms with Gasteiger partial charge in [0.15, 0.2) is 15.0 Å². The summed E-state index contributed by atoms with van der Waals surface area (Å²) in [5.41, 5.74) is 0.811. The van der Waals surface area contributed by atoms with E-state index >= 15 is 0 Å². The van der Waals surface area contributed by atoms with E-state index in [0.717, 1.165) is 5.69 Å². The maximum atomic E-state index is 11.5. The monoisotopic (exact) mass is 290 g/mol. The lowest BCUT2D eigenvalue weighted by atomic mass is 10.2. The number of hydrogen-bond acceptors (Lipinski definition) is 6. The summed E-state index contributed by atoms with van der Waals surface area (Å²) in [5, 5.41) is 11.3. The molecule has 2 heterocycles. The molecule has 1 aromatic rings. The van der Waals surface area contributed by atoms with Gasteiger partial charge in [-0.25, -0.2) is 13.4 Å². The van der Waals surface area contributed by atoms with E-state index in [9.17, 15) is 13.2 Å². The van der Waals surface area contributed by atoms with Gasteiger partial charge < -0.3 is 10.0 Å². The van der Waals surface area contributed by atoms with Crippen molar-refractivity contribution in [3.8, 4) is 0 Å². The van der Waals surface area contributed by atoms with Gasteiger partial charge in [0, 0.05) is 11.4 Å². The highest BCUT2D eigenvalue weighted by Gasteiger charge is 2.34. The predicted molar refractivity (Wildman–Crippen MR) is 68.9 cm³/mol. The third-order valence-corrected chi connectivity index (χ3v) is 5.55. The van der Waals surface area contributed by atoms with E-state index in [1.807, 2.05) is 12.3 Å². The Labute approximate surface area is 109 Å². The molecule has 0 radical (unpaired) electrons. The number of carboxylic acids is 1. The van der Waals surface area contributed by atoms with Crippen molar-refractivity contribution in [2.75, 3.05) is 23.0 Å². The zero-order chi connectivity index (χ0) is 13.3. The number of nitrogens with zero attached hydrogens (tertiary/aromatic N) is 2. The molecule has 0 bridgehead atoms. The first-order valence-electron chi connectivity index (χ1n) is 5.48. The van der Waals surface area contributed by atoms with E-state index in [0.29, 0.717) is 11.6 Å². The first kappa shape index (κ1) is 13.3. The Kier molecular flexibility index (Phi) is 3.58. The fourth-order valence-corrected chi connectivity index (χ4v) is 4.60. The third-order valence-electron chi connectivity index (χ3n) is 2.81. The number of aliphatic carboxylic acids is 1. The summed E-state index contributed by atoms with van der Waals surface area (Å²) in [6.07, 6.45) is 0.467. The van der Waals surface area contributed by atoms with E-state index in [4.69, 9.17) is 5.11 Å². The lowest BCUT2D eigenvalue weighted by molar-refractivity contribution is -0.135. The summed E-state index contributed by atoms with van der Waals surface area (Å²) in [4.78, 5) is 16.7. The Balaban J connectivity index is 2.23. The van der Waals surface area contributed by atoms with Gasteiger partial charge in [0.1, 0.15) is 6.54 Å². The molecule has 0 amide bonds. The normalized spacial score (nSPS) is 21.9. The van der Waals surface area contributed by atoms with Crippen molar-refractivity contribution in [3.63, 3.8) is 0 Å². The molecule has 0 saturated carbocycles. The SMILES string of the molecule is Cc1csc(N(CC(=O)O)C2CCS(=O)(=O)C2)n1. The van der Waals surface area contributed by atoms with Crippen LogP contribution in [0.2, 0.25) is 0 Å². The highest BCUT2D eigenvalue weighted by Crippen LogP contribution is 2.27. The van der Waals surface area contributed by atoms with Gasteiger partial charge in [0.25, 0.3) is 0 Å². The number of aryl methyl sites for hydroxylation is 1. The molecule has 1 N–H and O–H groups in total. The van der Waals surface area contributed by atoms with Crippen LogP contribution < -0.4 is 4.90 Å². The van der Waals surface area contributed by atoms with Gasteiger partial charge in [-0.2, -0.15) is 0 Å². The fourth-order valence-electron chi connectivity index (χ4n) is 1.99. The van der Waals surface area contributed by atoms with Gasteiger partial charge in [-0.05, 0) is 13.3 Å². The van der Waals surface area contributed by atoms with Gasteiger partial charge in [-0.1, -0.05) is 0 Å². The van der Waals surface area contributed by atoms with E-state index in [-0.39, 0.29) is 24.1 Å². The van der Waals surface area contributed by atoms with Crippen molar-refractivity contribution in [1.82, 2.24) is 4.98 Å². The van der Waals surface area contributed by atoms with Crippen LogP contribution in [0.3, 0.4) is 0 Å². The molecule has 1 unspecified atom stereocenters. The number of sulfone groups is 1. The maximum absolute atomic E-state index is 11.5. The molecule has 1 aliphatic rings. The van der Waals surface area contributed by atoms with Crippen LogP contribution in [0.5, 0.6) is 0 Å². The highest BCUT2D eigenvalue weighted by atomic mass is 32.2. The molecule has 0 aliphatic carbocycles. The third kappa shape index (κ3) is 2.99. The second-order valence-corrected chi connectivity index (χ2v) is 7.42. The molecule has 0 aromatic carbocycles.